The highest BCUT2D eigenvalue weighted by Crippen LogP contribution is 2.33. The number of nitrogens with one attached hydrogen (secondary N) is 1. The molecule has 0 aromatic rings. The van der Waals surface area contributed by atoms with Crippen molar-refractivity contribution in [3.05, 3.63) is 0 Å². The highest BCUT2D eigenvalue weighted by Gasteiger charge is 2.31. The summed E-state index contributed by atoms with van der Waals surface area (Å²) in [5, 5.41) is 3.55. The summed E-state index contributed by atoms with van der Waals surface area (Å²) in [5.74, 6) is 4.60. The first-order valence-corrected chi connectivity index (χ1v) is 5.89. The Morgan fingerprint density at radius 2 is 2.07 bits per heavy atom. The van der Waals surface area contributed by atoms with Crippen molar-refractivity contribution < 1.29 is 0 Å². The molecule has 0 aromatic heterocycles. The minimum Gasteiger partial charge on any atom is -0.301 e. The van der Waals surface area contributed by atoms with Gasteiger partial charge in [0.2, 0.25) is 0 Å². The van der Waals surface area contributed by atoms with E-state index in [0.29, 0.717) is 12.1 Å². The molecule has 1 rings (SSSR count). The molecule has 1 atom stereocenters. The Hall–Kier alpha value is -0.480. The summed E-state index contributed by atoms with van der Waals surface area (Å²) in [6.07, 6.45) is 10.4. The lowest BCUT2D eigenvalue weighted by Crippen LogP contribution is -2.47. The van der Waals surface area contributed by atoms with Gasteiger partial charge >= 0.3 is 0 Å². The van der Waals surface area contributed by atoms with Crippen LogP contribution < -0.4 is 5.32 Å². The molecule has 0 bridgehead atoms. The molecule has 80 valence electrons. The Bertz CT molecular complexity index is 196. The Morgan fingerprint density at radius 1 is 1.43 bits per heavy atom. The zero-order valence-electron chi connectivity index (χ0n) is 9.72. The van der Waals surface area contributed by atoms with Gasteiger partial charge in [-0.3, -0.25) is 0 Å². The molecule has 0 amide bonds. The van der Waals surface area contributed by atoms with Gasteiger partial charge in [-0.1, -0.05) is 33.1 Å². The Morgan fingerprint density at radius 3 is 2.50 bits per heavy atom. The van der Waals surface area contributed by atoms with Crippen molar-refractivity contribution in [3.8, 4) is 12.3 Å². The minimum atomic E-state index is 0.304. The van der Waals surface area contributed by atoms with Crippen molar-refractivity contribution in [3.63, 3.8) is 0 Å². The average molecular weight is 193 g/mol. The van der Waals surface area contributed by atoms with Crippen LogP contribution in [-0.2, 0) is 0 Å². The fourth-order valence-electron chi connectivity index (χ4n) is 2.13. The van der Waals surface area contributed by atoms with E-state index >= 15 is 0 Å². The molecule has 0 saturated heterocycles. The van der Waals surface area contributed by atoms with Crippen molar-refractivity contribution in [2.75, 3.05) is 0 Å². The van der Waals surface area contributed by atoms with Crippen molar-refractivity contribution in [2.24, 2.45) is 11.8 Å². The lowest BCUT2D eigenvalue weighted by Gasteiger charge is -2.39. The van der Waals surface area contributed by atoms with Crippen LogP contribution in [0.3, 0.4) is 0 Å². The molecule has 0 heterocycles. The fourth-order valence-corrected chi connectivity index (χ4v) is 2.13. The summed E-state index contributed by atoms with van der Waals surface area (Å²) in [5.41, 5.74) is 0. The van der Waals surface area contributed by atoms with E-state index in [1.807, 2.05) is 0 Å². The van der Waals surface area contributed by atoms with Gasteiger partial charge in [0.25, 0.3) is 0 Å². The van der Waals surface area contributed by atoms with E-state index in [0.717, 1.165) is 18.3 Å². The zero-order valence-corrected chi connectivity index (χ0v) is 9.72. The monoisotopic (exact) mass is 193 g/mol. The van der Waals surface area contributed by atoms with Crippen LogP contribution in [0.15, 0.2) is 0 Å². The molecular formula is C13H23N. The van der Waals surface area contributed by atoms with Crippen LogP contribution in [0.1, 0.15) is 46.5 Å². The van der Waals surface area contributed by atoms with Crippen LogP contribution in [0, 0.1) is 24.2 Å². The molecule has 1 aliphatic rings. The summed E-state index contributed by atoms with van der Waals surface area (Å²) in [4.78, 5) is 0. The molecule has 1 N–H and O–H groups in total. The summed E-state index contributed by atoms with van der Waals surface area (Å²) >= 11 is 0. The molecule has 1 unspecified atom stereocenters. The van der Waals surface area contributed by atoms with Gasteiger partial charge < -0.3 is 5.32 Å². The Kier molecular flexibility index (Phi) is 4.48. The van der Waals surface area contributed by atoms with E-state index in [-0.39, 0.29) is 0 Å². The standard InChI is InChI=1S/C13H23N/c1-5-7-12(6-2)14-13-8-11(9-13)10(3)4/h2,10-14H,5,7-9H2,1,3-4H3. The largest absolute Gasteiger partial charge is 0.301 e. The third kappa shape index (κ3) is 3.03. The van der Waals surface area contributed by atoms with Crippen LogP contribution >= 0.6 is 0 Å². The van der Waals surface area contributed by atoms with Gasteiger partial charge in [0.15, 0.2) is 0 Å². The maximum Gasteiger partial charge on any atom is 0.0688 e. The quantitative estimate of drug-likeness (QED) is 0.662. The van der Waals surface area contributed by atoms with E-state index in [2.05, 4.69) is 32.0 Å². The fraction of sp³-hybridized carbons (Fsp3) is 0.846. The SMILES string of the molecule is C#CC(CCC)NC1CC(C(C)C)C1. The summed E-state index contributed by atoms with van der Waals surface area (Å²) in [7, 11) is 0. The van der Waals surface area contributed by atoms with Crippen LogP contribution in [0.4, 0.5) is 0 Å². The van der Waals surface area contributed by atoms with Crippen molar-refractivity contribution in [2.45, 2.75) is 58.5 Å². The van der Waals surface area contributed by atoms with Gasteiger partial charge in [-0.25, -0.2) is 0 Å². The van der Waals surface area contributed by atoms with Gasteiger partial charge in [-0.05, 0) is 31.1 Å². The number of hydrogen-bond acceptors (Lipinski definition) is 1. The molecule has 0 aliphatic heterocycles. The molecule has 1 heteroatoms. The molecule has 1 saturated carbocycles. The van der Waals surface area contributed by atoms with E-state index < -0.39 is 0 Å². The lowest BCUT2D eigenvalue weighted by molar-refractivity contribution is 0.162. The van der Waals surface area contributed by atoms with E-state index in [4.69, 9.17) is 6.42 Å². The van der Waals surface area contributed by atoms with Gasteiger partial charge in [0.05, 0.1) is 6.04 Å². The normalized spacial score (nSPS) is 28.2. The first-order valence-electron chi connectivity index (χ1n) is 5.89. The van der Waals surface area contributed by atoms with Gasteiger partial charge in [-0.15, -0.1) is 6.42 Å². The molecule has 1 aliphatic carbocycles. The lowest BCUT2D eigenvalue weighted by atomic mass is 9.73. The second kappa shape index (κ2) is 5.41. The Balaban J connectivity index is 2.18. The smallest absolute Gasteiger partial charge is 0.0688 e. The van der Waals surface area contributed by atoms with Gasteiger partial charge in [-0.2, -0.15) is 0 Å². The maximum absolute atomic E-state index is 5.47. The highest BCUT2D eigenvalue weighted by molar-refractivity contribution is 5.01. The third-order valence-electron chi connectivity index (χ3n) is 3.33. The van der Waals surface area contributed by atoms with Crippen molar-refractivity contribution in [1.29, 1.82) is 0 Å². The average Bonchev–Trinajstić information content (AvgIpc) is 2.07. The first kappa shape index (κ1) is 11.6. The summed E-state index contributed by atoms with van der Waals surface area (Å²) < 4.78 is 0. The van der Waals surface area contributed by atoms with Crippen molar-refractivity contribution >= 4 is 0 Å². The van der Waals surface area contributed by atoms with Crippen LogP contribution in [0.2, 0.25) is 0 Å². The zero-order chi connectivity index (χ0) is 10.6. The summed E-state index contributed by atoms with van der Waals surface area (Å²) in [6.45, 7) is 6.81. The molecular weight excluding hydrogens is 170 g/mol. The minimum absolute atomic E-state index is 0.304. The predicted molar refractivity (Wildman–Crippen MR) is 62.0 cm³/mol. The molecule has 1 fully saturated rings. The maximum atomic E-state index is 5.47. The molecule has 0 aromatic carbocycles. The summed E-state index contributed by atoms with van der Waals surface area (Å²) in [6, 6.07) is 0.994. The molecule has 1 nitrogen and oxygen atoms in total. The van der Waals surface area contributed by atoms with E-state index in [9.17, 15) is 0 Å². The third-order valence-corrected chi connectivity index (χ3v) is 3.33. The van der Waals surface area contributed by atoms with E-state index in [1.165, 1.54) is 19.3 Å². The van der Waals surface area contributed by atoms with Crippen molar-refractivity contribution in [1.82, 2.24) is 5.32 Å². The topological polar surface area (TPSA) is 12.0 Å². The number of rotatable bonds is 5. The van der Waals surface area contributed by atoms with Crippen LogP contribution in [-0.4, -0.2) is 12.1 Å². The predicted octanol–water partition coefficient (Wildman–Crippen LogP) is 2.81. The second-order valence-corrected chi connectivity index (χ2v) is 4.85. The molecule has 0 radical (unpaired) electrons. The second-order valence-electron chi connectivity index (χ2n) is 4.85. The van der Waals surface area contributed by atoms with Crippen LogP contribution in [0.5, 0.6) is 0 Å². The number of hydrogen-bond donors (Lipinski definition) is 1. The van der Waals surface area contributed by atoms with E-state index in [1.54, 1.807) is 0 Å². The van der Waals surface area contributed by atoms with Gasteiger partial charge in [0.1, 0.15) is 0 Å². The highest BCUT2D eigenvalue weighted by atomic mass is 15.0. The molecule has 14 heavy (non-hydrogen) atoms. The first-order chi connectivity index (χ1) is 6.67. The van der Waals surface area contributed by atoms with Crippen LogP contribution in [0.25, 0.3) is 0 Å². The molecule has 0 spiro atoms. The number of terminal acetylenes is 1. The van der Waals surface area contributed by atoms with Gasteiger partial charge in [0, 0.05) is 6.04 Å². The Labute approximate surface area is 88.7 Å².